The summed E-state index contributed by atoms with van der Waals surface area (Å²) in [5.41, 5.74) is 0. The predicted octanol–water partition coefficient (Wildman–Crippen LogP) is -1.46. The van der Waals surface area contributed by atoms with Crippen molar-refractivity contribution >= 4 is 23.9 Å². The van der Waals surface area contributed by atoms with Crippen LogP contribution >= 0.6 is 0 Å². The molecule has 0 saturated heterocycles. The van der Waals surface area contributed by atoms with Gasteiger partial charge in [-0.1, -0.05) is 0 Å². The second-order valence-corrected chi connectivity index (χ2v) is 5.70. The first-order valence-electron chi connectivity index (χ1n) is 9.75. The van der Waals surface area contributed by atoms with E-state index >= 15 is 0 Å². The number of aromatic carboxylic acids is 2. The molecule has 0 aliphatic rings. The lowest BCUT2D eigenvalue weighted by atomic mass is 10.4. The van der Waals surface area contributed by atoms with Gasteiger partial charge in [-0.05, 0) is 31.2 Å². The fourth-order valence-electron chi connectivity index (χ4n) is 1.55. The van der Waals surface area contributed by atoms with Crippen molar-refractivity contribution < 1.29 is 78.3 Å². The molecule has 204 valence electrons. The van der Waals surface area contributed by atoms with Crippen LogP contribution < -0.4 is 0 Å². The third-order valence-corrected chi connectivity index (χ3v) is 2.84. The van der Waals surface area contributed by atoms with Gasteiger partial charge in [0.2, 0.25) is 23.0 Å². The molecule has 1 atom stereocenters. The number of rotatable bonds is 9. The number of carbonyl (C=O) groups is 4. The highest BCUT2D eigenvalue weighted by atomic mass is 16.6. The molecule has 16 heteroatoms. The van der Waals surface area contributed by atoms with Crippen molar-refractivity contribution in [2.24, 2.45) is 0 Å². The van der Waals surface area contributed by atoms with Gasteiger partial charge in [-0.2, -0.15) is 0 Å². The van der Waals surface area contributed by atoms with Crippen molar-refractivity contribution in [3.8, 4) is 0 Å². The molecule has 0 saturated carbocycles. The van der Waals surface area contributed by atoms with Crippen LogP contribution in [0.1, 0.15) is 49.1 Å². The monoisotopic (exact) mass is 524 g/mol. The molecule has 0 bridgehead atoms. The molecule has 0 radical (unpaired) electrons. The van der Waals surface area contributed by atoms with E-state index in [9.17, 15) is 19.2 Å². The van der Waals surface area contributed by atoms with Gasteiger partial charge in [0.25, 0.3) is 0 Å². The third kappa shape index (κ3) is 15.9. The minimum Gasteiger partial charge on any atom is -0.475 e. The summed E-state index contributed by atoms with van der Waals surface area (Å²) < 4.78 is 18.3. The predicted molar refractivity (Wildman–Crippen MR) is 114 cm³/mol. The molecule has 2 heterocycles. The van der Waals surface area contributed by atoms with Crippen molar-refractivity contribution in [1.29, 1.82) is 0 Å². The minimum absolute atomic E-state index is 0.125. The summed E-state index contributed by atoms with van der Waals surface area (Å²) in [5, 5.41) is 64.3. The Kier molecular flexibility index (Phi) is 19.6. The molecular weight excluding hydrogens is 496 g/mol. The Morgan fingerprint density at radius 3 is 1.36 bits per heavy atom. The molecule has 0 aliphatic heterocycles. The molecule has 16 nitrogen and oxygen atoms in total. The SMILES string of the molecule is CC(O)OC(=O)c1ccc(C(=O)OCCO)o1.O=C(O)c1ccc(C(=O)O)o1.OCCO.OCCO. The molecular formula is C20H28O16. The summed E-state index contributed by atoms with van der Waals surface area (Å²) in [6.45, 7) is 0.299. The van der Waals surface area contributed by atoms with E-state index in [-0.39, 0.29) is 62.7 Å². The fourth-order valence-corrected chi connectivity index (χ4v) is 1.55. The molecule has 0 aliphatic carbocycles. The minimum atomic E-state index is -1.28. The van der Waals surface area contributed by atoms with E-state index in [1.807, 2.05) is 0 Å². The van der Waals surface area contributed by atoms with Gasteiger partial charge in [0.1, 0.15) is 6.61 Å². The zero-order valence-corrected chi connectivity index (χ0v) is 19.0. The van der Waals surface area contributed by atoms with Crippen molar-refractivity contribution in [2.45, 2.75) is 13.2 Å². The quantitative estimate of drug-likeness (QED) is 0.137. The lowest BCUT2D eigenvalue weighted by Crippen LogP contribution is -2.13. The molecule has 0 spiro atoms. The number of hydrogen-bond donors (Lipinski definition) is 8. The maximum Gasteiger partial charge on any atom is 0.376 e. The van der Waals surface area contributed by atoms with E-state index in [1.54, 1.807) is 0 Å². The summed E-state index contributed by atoms with van der Waals surface area (Å²) in [7, 11) is 0. The normalized spacial score (nSPS) is 10.2. The van der Waals surface area contributed by atoms with Crippen LogP contribution in [0.5, 0.6) is 0 Å². The van der Waals surface area contributed by atoms with Gasteiger partial charge in [0.05, 0.1) is 33.0 Å². The zero-order valence-electron chi connectivity index (χ0n) is 19.0. The van der Waals surface area contributed by atoms with Gasteiger partial charge in [0.15, 0.2) is 6.29 Å². The molecule has 2 rings (SSSR count). The number of ether oxygens (including phenoxy) is 2. The van der Waals surface area contributed by atoms with Gasteiger partial charge in [-0.25, -0.2) is 19.2 Å². The Morgan fingerprint density at radius 1 is 0.694 bits per heavy atom. The van der Waals surface area contributed by atoms with Gasteiger partial charge in [0, 0.05) is 0 Å². The van der Waals surface area contributed by atoms with Crippen LogP contribution in [0.2, 0.25) is 0 Å². The highest BCUT2D eigenvalue weighted by Crippen LogP contribution is 2.11. The molecule has 2 aromatic heterocycles. The Bertz CT molecular complexity index is 861. The van der Waals surface area contributed by atoms with Crippen LogP contribution in [0.25, 0.3) is 0 Å². The maximum absolute atomic E-state index is 11.2. The topological polar surface area (TPSA) is 275 Å². The number of carboxylic acids is 2. The summed E-state index contributed by atoms with van der Waals surface area (Å²) in [5.74, 6) is -5.39. The maximum atomic E-state index is 11.2. The average Bonchev–Trinajstić information content (AvgIpc) is 3.53. The van der Waals surface area contributed by atoms with Crippen LogP contribution in [0.3, 0.4) is 0 Å². The molecule has 36 heavy (non-hydrogen) atoms. The van der Waals surface area contributed by atoms with Crippen LogP contribution in [0.4, 0.5) is 0 Å². The Labute approximate surface area is 203 Å². The second kappa shape index (κ2) is 20.6. The van der Waals surface area contributed by atoms with Gasteiger partial charge >= 0.3 is 23.9 Å². The van der Waals surface area contributed by atoms with E-state index in [1.165, 1.54) is 19.1 Å². The van der Waals surface area contributed by atoms with E-state index in [2.05, 4.69) is 13.9 Å². The van der Waals surface area contributed by atoms with Gasteiger partial charge in [-0.15, -0.1) is 0 Å². The van der Waals surface area contributed by atoms with Crippen LogP contribution in [0, 0.1) is 0 Å². The zero-order chi connectivity index (χ0) is 28.1. The average molecular weight is 524 g/mol. The molecule has 0 aromatic carbocycles. The fraction of sp³-hybridized carbons (Fsp3) is 0.400. The summed E-state index contributed by atoms with van der Waals surface area (Å²) >= 11 is 0. The number of carboxylic acid groups (broad SMARTS) is 2. The molecule has 2 aromatic rings. The number of carbonyl (C=O) groups excluding carboxylic acids is 2. The standard InChI is InChI=1S/C10H12O7.C6H4O5.2C2H6O2/c1-6(12)16-10(14)8-3-2-7(17-8)9(13)15-5-4-11;7-5(8)3-1-2-4(11-3)6(9)10;2*3-1-2-4/h2-3,6,11-12H,4-5H2,1H3;1-2H,(H,7,8)(H,9,10);2*3-4H,1-2H2. The van der Waals surface area contributed by atoms with E-state index in [0.29, 0.717) is 0 Å². The van der Waals surface area contributed by atoms with E-state index < -0.39 is 30.2 Å². The third-order valence-electron chi connectivity index (χ3n) is 2.84. The summed E-state index contributed by atoms with van der Waals surface area (Å²) in [4.78, 5) is 42.8. The number of hydrogen-bond acceptors (Lipinski definition) is 14. The van der Waals surface area contributed by atoms with Crippen LogP contribution in [-0.4, -0.2) is 111 Å². The van der Waals surface area contributed by atoms with Gasteiger partial charge in [-0.3, -0.25) is 0 Å². The van der Waals surface area contributed by atoms with Crippen molar-refractivity contribution in [3.05, 3.63) is 47.3 Å². The summed E-state index contributed by atoms with van der Waals surface area (Å²) in [6.07, 6.45) is -1.27. The smallest absolute Gasteiger partial charge is 0.376 e. The number of esters is 2. The first-order chi connectivity index (χ1) is 17.0. The first kappa shape index (κ1) is 34.4. The highest BCUT2D eigenvalue weighted by Gasteiger charge is 2.18. The molecule has 1 unspecified atom stereocenters. The Balaban J connectivity index is 0. The summed E-state index contributed by atoms with van der Waals surface area (Å²) in [6, 6.07) is 4.64. The van der Waals surface area contributed by atoms with Crippen LogP contribution in [0.15, 0.2) is 33.1 Å². The molecule has 0 fully saturated rings. The number of aliphatic hydroxyl groups excluding tert-OH is 6. The van der Waals surface area contributed by atoms with Gasteiger partial charge < -0.3 is 59.2 Å². The second-order valence-electron chi connectivity index (χ2n) is 5.70. The first-order valence-corrected chi connectivity index (χ1v) is 9.75. The highest BCUT2D eigenvalue weighted by molar-refractivity contribution is 5.91. The number of furan rings is 2. The largest absolute Gasteiger partial charge is 0.475 e. The van der Waals surface area contributed by atoms with E-state index in [4.69, 9.17) is 45.3 Å². The van der Waals surface area contributed by atoms with E-state index in [0.717, 1.165) is 12.1 Å². The lowest BCUT2D eigenvalue weighted by Gasteiger charge is -2.04. The van der Waals surface area contributed by atoms with Crippen molar-refractivity contribution in [1.82, 2.24) is 0 Å². The van der Waals surface area contributed by atoms with Crippen molar-refractivity contribution in [2.75, 3.05) is 39.6 Å². The lowest BCUT2D eigenvalue weighted by molar-refractivity contribution is -0.0544. The number of aliphatic hydroxyl groups is 6. The molecule has 0 amide bonds. The van der Waals surface area contributed by atoms with Crippen molar-refractivity contribution in [3.63, 3.8) is 0 Å². The van der Waals surface area contributed by atoms with Crippen LogP contribution in [-0.2, 0) is 9.47 Å². The molecule has 8 N–H and O–H groups in total. The Hall–Kier alpha value is -3.80. The Morgan fingerprint density at radius 2 is 1.06 bits per heavy atom.